The maximum absolute atomic E-state index is 12.1. The van der Waals surface area contributed by atoms with Gasteiger partial charge in [0.15, 0.2) is 0 Å². The summed E-state index contributed by atoms with van der Waals surface area (Å²) in [6, 6.07) is 11.8. The predicted octanol–water partition coefficient (Wildman–Crippen LogP) is 2.16. The van der Waals surface area contributed by atoms with E-state index in [1.54, 1.807) is 0 Å². The summed E-state index contributed by atoms with van der Waals surface area (Å²) >= 11 is 0. The third-order valence-electron chi connectivity index (χ3n) is 5.96. The van der Waals surface area contributed by atoms with Gasteiger partial charge in [-0.15, -0.1) is 12.4 Å². The predicted molar refractivity (Wildman–Crippen MR) is 119 cm³/mol. The van der Waals surface area contributed by atoms with Crippen LogP contribution >= 0.6 is 12.4 Å². The van der Waals surface area contributed by atoms with Crippen molar-refractivity contribution in [2.45, 2.75) is 24.8 Å². The molecular weight excluding hydrogens is 440 g/mol. The Morgan fingerprint density at radius 3 is 2.16 bits per heavy atom. The highest BCUT2D eigenvalue weighted by molar-refractivity contribution is 5.85. The summed E-state index contributed by atoms with van der Waals surface area (Å²) in [7, 11) is 0. The number of hydrogen-bond donors (Lipinski definition) is 3. The standard InChI is InChI=1S/C21H20N4O6.ClH/c26-18-19(27)23-16-11-17(25(30)31)13(10-15(16)22-18)12-24-8-6-21(7-9-24,20(28)29)14-4-2-1-3-5-14;/h1-5,10-11H,6-9,12H2,(H,22,26)(H,23,27)(H,28,29);1H. The summed E-state index contributed by atoms with van der Waals surface area (Å²) in [5.74, 6) is -0.878. The van der Waals surface area contributed by atoms with Crippen molar-refractivity contribution in [3.63, 3.8) is 0 Å². The Labute approximate surface area is 187 Å². The Bertz CT molecular complexity index is 1280. The first-order valence-electron chi connectivity index (χ1n) is 9.75. The van der Waals surface area contributed by atoms with E-state index in [0.29, 0.717) is 37.0 Å². The first-order valence-corrected chi connectivity index (χ1v) is 9.75. The zero-order valence-electron chi connectivity index (χ0n) is 16.9. The summed E-state index contributed by atoms with van der Waals surface area (Å²) in [5.41, 5.74) is -1.27. The number of aromatic nitrogens is 2. The maximum atomic E-state index is 12.1. The second-order valence-electron chi connectivity index (χ2n) is 7.72. The average molecular weight is 461 g/mol. The molecule has 168 valence electrons. The molecule has 0 atom stereocenters. The van der Waals surface area contributed by atoms with Gasteiger partial charge in [0.1, 0.15) is 0 Å². The molecular formula is C21H21ClN4O6. The SMILES string of the molecule is Cl.O=C(O)C1(c2ccccc2)CCN(Cc2cc3[nH]c(=O)c(=O)[nH]c3cc2[N+](=O)[O-])CC1. The average Bonchev–Trinajstić information content (AvgIpc) is 2.75. The van der Waals surface area contributed by atoms with Gasteiger partial charge in [0.2, 0.25) is 0 Å². The summed E-state index contributed by atoms with van der Waals surface area (Å²) < 4.78 is 0. The van der Waals surface area contributed by atoms with Gasteiger partial charge in [0.25, 0.3) is 5.69 Å². The van der Waals surface area contributed by atoms with Gasteiger partial charge in [-0.2, -0.15) is 0 Å². The number of carboxylic acid groups (broad SMARTS) is 1. The highest BCUT2D eigenvalue weighted by Gasteiger charge is 2.43. The van der Waals surface area contributed by atoms with Crippen LogP contribution in [0.15, 0.2) is 52.1 Å². The first-order chi connectivity index (χ1) is 14.8. The number of nitro groups is 1. The number of aromatic amines is 2. The molecule has 1 fully saturated rings. The van der Waals surface area contributed by atoms with Crippen LogP contribution in [0, 0.1) is 10.1 Å². The number of nitro benzene ring substituents is 1. The lowest BCUT2D eigenvalue weighted by Gasteiger charge is -2.39. The van der Waals surface area contributed by atoms with Gasteiger partial charge in [0, 0.05) is 18.2 Å². The van der Waals surface area contributed by atoms with E-state index >= 15 is 0 Å². The molecule has 0 radical (unpaired) electrons. The lowest BCUT2D eigenvalue weighted by Crippen LogP contribution is -2.47. The highest BCUT2D eigenvalue weighted by atomic mass is 35.5. The quantitative estimate of drug-likeness (QED) is 0.300. The molecule has 0 saturated carbocycles. The Hall–Kier alpha value is -3.50. The van der Waals surface area contributed by atoms with Crippen LogP contribution in [0.1, 0.15) is 24.0 Å². The summed E-state index contributed by atoms with van der Waals surface area (Å²) in [4.78, 5) is 53.1. The van der Waals surface area contributed by atoms with Crippen LogP contribution in [-0.4, -0.2) is 44.0 Å². The van der Waals surface area contributed by atoms with Crippen LogP contribution < -0.4 is 11.1 Å². The maximum Gasteiger partial charge on any atom is 0.314 e. The number of likely N-dealkylation sites (tertiary alicyclic amines) is 1. The number of rotatable bonds is 5. The van der Waals surface area contributed by atoms with Gasteiger partial charge in [-0.25, -0.2) is 0 Å². The fraction of sp³-hybridized carbons (Fsp3) is 0.286. The van der Waals surface area contributed by atoms with Crippen molar-refractivity contribution in [3.8, 4) is 0 Å². The number of halogens is 1. The van der Waals surface area contributed by atoms with Gasteiger partial charge in [0.05, 0.1) is 21.4 Å². The number of benzene rings is 2. The number of H-pyrrole nitrogens is 2. The van der Waals surface area contributed by atoms with E-state index in [4.69, 9.17) is 0 Å². The molecule has 11 heteroatoms. The monoisotopic (exact) mass is 460 g/mol. The zero-order valence-corrected chi connectivity index (χ0v) is 17.7. The van der Waals surface area contributed by atoms with E-state index in [1.807, 2.05) is 35.2 Å². The fourth-order valence-corrected chi connectivity index (χ4v) is 4.21. The van der Waals surface area contributed by atoms with E-state index in [1.165, 1.54) is 12.1 Å². The molecule has 0 amide bonds. The van der Waals surface area contributed by atoms with E-state index < -0.39 is 27.4 Å². The van der Waals surface area contributed by atoms with E-state index in [9.17, 15) is 29.6 Å². The molecule has 2 aromatic carbocycles. The van der Waals surface area contributed by atoms with Crippen LogP contribution in [0.25, 0.3) is 11.0 Å². The molecule has 3 N–H and O–H groups in total. The van der Waals surface area contributed by atoms with Crippen LogP contribution in [0.3, 0.4) is 0 Å². The topological polar surface area (TPSA) is 149 Å². The van der Waals surface area contributed by atoms with Crippen LogP contribution in [-0.2, 0) is 16.8 Å². The number of piperidine rings is 1. The van der Waals surface area contributed by atoms with E-state index in [0.717, 1.165) is 5.56 Å². The summed E-state index contributed by atoms with van der Waals surface area (Å²) in [5, 5.41) is 21.5. The second kappa shape index (κ2) is 8.93. The molecule has 10 nitrogen and oxygen atoms in total. The number of carboxylic acids is 1. The summed E-state index contributed by atoms with van der Waals surface area (Å²) in [6.45, 7) is 1.11. The Morgan fingerprint density at radius 1 is 1.06 bits per heavy atom. The minimum absolute atomic E-state index is 0. The third-order valence-corrected chi connectivity index (χ3v) is 5.96. The molecule has 0 aliphatic carbocycles. The smallest absolute Gasteiger partial charge is 0.314 e. The van der Waals surface area contributed by atoms with Gasteiger partial charge < -0.3 is 15.1 Å². The fourth-order valence-electron chi connectivity index (χ4n) is 4.21. The van der Waals surface area contributed by atoms with Crippen molar-refractivity contribution < 1.29 is 14.8 Å². The third kappa shape index (κ3) is 4.14. The van der Waals surface area contributed by atoms with Crippen molar-refractivity contribution >= 4 is 35.1 Å². The van der Waals surface area contributed by atoms with Crippen molar-refractivity contribution in [2.24, 2.45) is 0 Å². The van der Waals surface area contributed by atoms with E-state index in [-0.39, 0.29) is 30.2 Å². The minimum atomic E-state index is -0.988. The first kappa shape index (κ1) is 23.2. The molecule has 0 spiro atoms. The van der Waals surface area contributed by atoms with Crippen molar-refractivity contribution in [1.29, 1.82) is 0 Å². The molecule has 3 aromatic rings. The van der Waals surface area contributed by atoms with Gasteiger partial charge >= 0.3 is 17.1 Å². The molecule has 1 aliphatic heterocycles. The van der Waals surface area contributed by atoms with Crippen molar-refractivity contribution in [3.05, 3.63) is 84.4 Å². The highest BCUT2D eigenvalue weighted by Crippen LogP contribution is 2.37. The number of hydrogen-bond acceptors (Lipinski definition) is 6. The van der Waals surface area contributed by atoms with Gasteiger partial charge in [-0.3, -0.25) is 29.4 Å². The number of carbonyl (C=O) groups is 1. The van der Waals surface area contributed by atoms with Crippen LogP contribution in [0.2, 0.25) is 0 Å². The van der Waals surface area contributed by atoms with Crippen molar-refractivity contribution in [1.82, 2.24) is 14.9 Å². The molecule has 0 unspecified atom stereocenters. The molecule has 4 rings (SSSR count). The zero-order chi connectivity index (χ0) is 22.2. The molecule has 0 bridgehead atoms. The minimum Gasteiger partial charge on any atom is -0.481 e. The molecule has 1 saturated heterocycles. The summed E-state index contributed by atoms with van der Waals surface area (Å²) in [6.07, 6.45) is 0.746. The van der Waals surface area contributed by atoms with Crippen molar-refractivity contribution in [2.75, 3.05) is 13.1 Å². The number of nitrogens with zero attached hydrogens (tertiary/aromatic N) is 2. The Morgan fingerprint density at radius 2 is 1.62 bits per heavy atom. The largest absolute Gasteiger partial charge is 0.481 e. The molecule has 32 heavy (non-hydrogen) atoms. The number of fused-ring (bicyclic) bond motifs is 1. The number of aliphatic carboxylic acids is 1. The van der Waals surface area contributed by atoms with Crippen LogP contribution in [0.4, 0.5) is 5.69 Å². The lowest BCUT2D eigenvalue weighted by molar-refractivity contribution is -0.385. The van der Waals surface area contributed by atoms with E-state index in [2.05, 4.69) is 9.97 Å². The normalized spacial score (nSPS) is 15.8. The molecule has 2 heterocycles. The lowest BCUT2D eigenvalue weighted by atomic mass is 9.73. The number of nitrogens with one attached hydrogen (secondary N) is 2. The van der Waals surface area contributed by atoms with Crippen LogP contribution in [0.5, 0.6) is 0 Å². The Balaban J connectivity index is 0.00000289. The van der Waals surface area contributed by atoms with Gasteiger partial charge in [-0.1, -0.05) is 30.3 Å². The molecule has 1 aromatic heterocycles. The second-order valence-corrected chi connectivity index (χ2v) is 7.72. The van der Waals surface area contributed by atoms with Gasteiger partial charge in [-0.05, 0) is 37.6 Å². The molecule has 1 aliphatic rings. The Kier molecular flexibility index (Phi) is 6.47.